The third-order valence-electron chi connectivity index (χ3n) is 2.94. The molecule has 0 aliphatic heterocycles. The number of carbonyl (C=O) groups excluding carboxylic acids is 1. The van der Waals surface area contributed by atoms with Crippen LogP contribution in [0.4, 0.5) is 5.82 Å². The van der Waals surface area contributed by atoms with Crippen LogP contribution < -0.4 is 5.32 Å². The molecule has 5 nitrogen and oxygen atoms in total. The molecule has 0 aliphatic rings. The third-order valence-corrected chi connectivity index (χ3v) is 2.94. The van der Waals surface area contributed by atoms with Gasteiger partial charge in [0.2, 0.25) is 0 Å². The van der Waals surface area contributed by atoms with Gasteiger partial charge in [0.25, 0.3) is 0 Å². The van der Waals surface area contributed by atoms with E-state index in [1.54, 1.807) is 18.3 Å². The van der Waals surface area contributed by atoms with Gasteiger partial charge < -0.3 is 15.2 Å². The third kappa shape index (κ3) is 5.26. The second-order valence-electron chi connectivity index (χ2n) is 5.27. The van der Waals surface area contributed by atoms with Crippen LogP contribution >= 0.6 is 0 Å². The number of hydrogen-bond donors (Lipinski definition) is 2. The molecule has 0 aliphatic carbocycles. The molecule has 1 aromatic rings. The lowest BCUT2D eigenvalue weighted by molar-refractivity contribution is 0.0600. The second kappa shape index (κ2) is 7.09. The highest BCUT2D eigenvalue weighted by Gasteiger charge is 2.17. The van der Waals surface area contributed by atoms with Gasteiger partial charge in [0, 0.05) is 19.3 Å². The Morgan fingerprint density at radius 1 is 1.53 bits per heavy atom. The molecular formula is C14H22N2O3. The van der Waals surface area contributed by atoms with E-state index >= 15 is 0 Å². The zero-order valence-corrected chi connectivity index (χ0v) is 11.8. The first-order valence-corrected chi connectivity index (χ1v) is 6.37. The van der Waals surface area contributed by atoms with Gasteiger partial charge in [0.05, 0.1) is 12.7 Å². The Morgan fingerprint density at radius 3 is 2.89 bits per heavy atom. The van der Waals surface area contributed by atoms with E-state index < -0.39 is 0 Å². The van der Waals surface area contributed by atoms with Gasteiger partial charge in [0.15, 0.2) is 0 Å². The summed E-state index contributed by atoms with van der Waals surface area (Å²) in [5, 5.41) is 12.1. The van der Waals surface area contributed by atoms with Crippen molar-refractivity contribution in [2.45, 2.75) is 26.7 Å². The SMILES string of the molecule is COC(=O)c1ccnc(NCC(C)(C)CCCO)c1. The Balaban J connectivity index is 2.60. The molecule has 0 saturated heterocycles. The van der Waals surface area contributed by atoms with Crippen LogP contribution in [-0.2, 0) is 4.74 Å². The summed E-state index contributed by atoms with van der Waals surface area (Å²) in [6, 6.07) is 3.29. The minimum atomic E-state index is -0.370. The smallest absolute Gasteiger partial charge is 0.338 e. The van der Waals surface area contributed by atoms with Crippen LogP contribution in [0.25, 0.3) is 0 Å². The number of nitrogens with zero attached hydrogens (tertiary/aromatic N) is 1. The van der Waals surface area contributed by atoms with Crippen LogP contribution in [0.3, 0.4) is 0 Å². The summed E-state index contributed by atoms with van der Waals surface area (Å²) in [6.07, 6.45) is 3.28. The maximum absolute atomic E-state index is 11.4. The van der Waals surface area contributed by atoms with E-state index in [9.17, 15) is 4.79 Å². The number of carbonyl (C=O) groups is 1. The maximum Gasteiger partial charge on any atom is 0.338 e. The number of nitrogens with one attached hydrogen (secondary N) is 1. The van der Waals surface area contributed by atoms with Crippen molar-refractivity contribution < 1.29 is 14.6 Å². The van der Waals surface area contributed by atoms with Crippen LogP contribution in [-0.4, -0.2) is 36.3 Å². The standard InChI is InChI=1S/C14H22N2O3/c1-14(2,6-4-8-17)10-16-12-9-11(5-7-15-12)13(18)19-3/h5,7,9,17H,4,6,8,10H2,1-3H3,(H,15,16). The first kappa shape index (κ1) is 15.4. The van der Waals surface area contributed by atoms with E-state index in [-0.39, 0.29) is 18.0 Å². The average molecular weight is 266 g/mol. The van der Waals surface area contributed by atoms with E-state index in [0.29, 0.717) is 11.4 Å². The highest BCUT2D eigenvalue weighted by atomic mass is 16.5. The van der Waals surface area contributed by atoms with E-state index in [4.69, 9.17) is 5.11 Å². The molecule has 19 heavy (non-hydrogen) atoms. The minimum absolute atomic E-state index is 0.0612. The average Bonchev–Trinajstić information content (AvgIpc) is 2.42. The van der Waals surface area contributed by atoms with Crippen LogP contribution in [0.2, 0.25) is 0 Å². The number of ether oxygens (including phenoxy) is 1. The molecular weight excluding hydrogens is 244 g/mol. The number of esters is 1. The molecule has 0 unspecified atom stereocenters. The minimum Gasteiger partial charge on any atom is -0.465 e. The summed E-state index contributed by atoms with van der Waals surface area (Å²) in [7, 11) is 1.36. The van der Waals surface area contributed by atoms with Gasteiger partial charge >= 0.3 is 5.97 Å². The predicted octanol–water partition coefficient (Wildman–Crippen LogP) is 2.08. The molecule has 0 fully saturated rings. The van der Waals surface area contributed by atoms with E-state index in [1.165, 1.54) is 7.11 Å². The zero-order valence-electron chi connectivity index (χ0n) is 11.8. The fraction of sp³-hybridized carbons (Fsp3) is 0.571. The topological polar surface area (TPSA) is 71.5 Å². The highest BCUT2D eigenvalue weighted by molar-refractivity contribution is 5.89. The molecule has 5 heteroatoms. The Labute approximate surface area is 114 Å². The number of pyridine rings is 1. The fourth-order valence-corrected chi connectivity index (χ4v) is 1.75. The van der Waals surface area contributed by atoms with Gasteiger partial charge in [-0.1, -0.05) is 13.8 Å². The normalized spacial score (nSPS) is 11.2. The molecule has 0 radical (unpaired) electrons. The number of aromatic nitrogens is 1. The quantitative estimate of drug-likeness (QED) is 0.739. The number of rotatable bonds is 7. The van der Waals surface area contributed by atoms with Crippen molar-refractivity contribution >= 4 is 11.8 Å². The molecule has 1 heterocycles. The van der Waals surface area contributed by atoms with Crippen molar-refractivity contribution in [1.29, 1.82) is 0 Å². The number of anilines is 1. The molecule has 2 N–H and O–H groups in total. The predicted molar refractivity (Wildman–Crippen MR) is 74.2 cm³/mol. The Kier molecular flexibility index (Phi) is 5.76. The molecule has 1 rings (SSSR count). The lowest BCUT2D eigenvalue weighted by Crippen LogP contribution is -2.24. The lowest BCUT2D eigenvalue weighted by atomic mass is 9.88. The first-order chi connectivity index (χ1) is 8.98. The van der Waals surface area contributed by atoms with Gasteiger partial charge in [-0.3, -0.25) is 0 Å². The number of hydrogen-bond acceptors (Lipinski definition) is 5. The largest absolute Gasteiger partial charge is 0.465 e. The number of methoxy groups -OCH3 is 1. The van der Waals surface area contributed by atoms with Gasteiger partial charge in [-0.15, -0.1) is 0 Å². The van der Waals surface area contributed by atoms with Crippen molar-refractivity contribution in [3.63, 3.8) is 0 Å². The first-order valence-electron chi connectivity index (χ1n) is 6.37. The molecule has 0 spiro atoms. The number of aliphatic hydroxyl groups is 1. The maximum atomic E-state index is 11.4. The molecule has 0 amide bonds. The molecule has 0 saturated carbocycles. The highest BCUT2D eigenvalue weighted by Crippen LogP contribution is 2.22. The molecule has 0 aromatic carbocycles. The summed E-state index contributed by atoms with van der Waals surface area (Å²) >= 11 is 0. The Hall–Kier alpha value is -1.62. The van der Waals surface area contributed by atoms with Crippen molar-refractivity contribution in [2.24, 2.45) is 5.41 Å². The van der Waals surface area contributed by atoms with Crippen molar-refractivity contribution in [3.8, 4) is 0 Å². The second-order valence-corrected chi connectivity index (χ2v) is 5.27. The van der Waals surface area contributed by atoms with Crippen molar-refractivity contribution in [2.75, 3.05) is 25.6 Å². The summed E-state index contributed by atoms with van der Waals surface area (Å²) in [6.45, 7) is 5.18. The van der Waals surface area contributed by atoms with Crippen molar-refractivity contribution in [1.82, 2.24) is 4.98 Å². The van der Waals surface area contributed by atoms with Crippen LogP contribution in [0.15, 0.2) is 18.3 Å². The number of aliphatic hydroxyl groups excluding tert-OH is 1. The summed E-state index contributed by atoms with van der Waals surface area (Å²) in [5.74, 6) is 0.282. The van der Waals surface area contributed by atoms with Crippen LogP contribution in [0.1, 0.15) is 37.0 Å². The molecule has 1 aromatic heterocycles. The van der Waals surface area contributed by atoms with Gasteiger partial charge in [-0.25, -0.2) is 9.78 Å². The Bertz CT molecular complexity index is 419. The van der Waals surface area contributed by atoms with E-state index in [0.717, 1.165) is 19.4 Å². The summed E-state index contributed by atoms with van der Waals surface area (Å²) in [4.78, 5) is 15.6. The van der Waals surface area contributed by atoms with Crippen LogP contribution in [0, 0.1) is 5.41 Å². The van der Waals surface area contributed by atoms with Gasteiger partial charge in [-0.05, 0) is 30.4 Å². The van der Waals surface area contributed by atoms with Gasteiger partial charge in [0.1, 0.15) is 5.82 Å². The molecule has 0 bridgehead atoms. The van der Waals surface area contributed by atoms with Crippen LogP contribution in [0.5, 0.6) is 0 Å². The fourth-order valence-electron chi connectivity index (χ4n) is 1.75. The van der Waals surface area contributed by atoms with Crippen molar-refractivity contribution in [3.05, 3.63) is 23.9 Å². The summed E-state index contributed by atoms with van der Waals surface area (Å²) in [5.41, 5.74) is 0.541. The van der Waals surface area contributed by atoms with Gasteiger partial charge in [-0.2, -0.15) is 0 Å². The zero-order chi connectivity index (χ0) is 14.3. The monoisotopic (exact) mass is 266 g/mol. The van der Waals surface area contributed by atoms with E-state index in [1.807, 2.05) is 0 Å². The van der Waals surface area contributed by atoms with E-state index in [2.05, 4.69) is 28.9 Å². The Morgan fingerprint density at radius 2 is 2.26 bits per heavy atom. The molecule has 0 atom stereocenters. The summed E-state index contributed by atoms with van der Waals surface area (Å²) < 4.78 is 4.67. The lowest BCUT2D eigenvalue weighted by Gasteiger charge is -2.24. The molecule has 106 valence electrons.